The lowest BCUT2D eigenvalue weighted by atomic mass is 10.1. The van der Waals surface area contributed by atoms with Crippen LogP contribution >= 0.6 is 22.9 Å². The highest BCUT2D eigenvalue weighted by Gasteiger charge is 2.19. The van der Waals surface area contributed by atoms with E-state index in [0.717, 1.165) is 16.4 Å². The van der Waals surface area contributed by atoms with Crippen molar-refractivity contribution in [3.8, 4) is 0 Å². The lowest BCUT2D eigenvalue weighted by molar-refractivity contribution is 0.170. The van der Waals surface area contributed by atoms with Crippen LogP contribution in [0.3, 0.4) is 0 Å². The van der Waals surface area contributed by atoms with Crippen LogP contribution in [-0.4, -0.2) is 24.5 Å². The summed E-state index contributed by atoms with van der Waals surface area (Å²) in [5.41, 5.74) is 7.13. The lowest BCUT2D eigenvalue weighted by Gasteiger charge is -2.32. The van der Waals surface area contributed by atoms with Gasteiger partial charge in [-0.1, -0.05) is 11.6 Å². The second kappa shape index (κ2) is 3.96. The average molecular weight is 217 g/mol. The minimum absolute atomic E-state index is 0.0825. The van der Waals surface area contributed by atoms with E-state index in [0.29, 0.717) is 0 Å². The first kappa shape index (κ1) is 9.46. The molecule has 1 unspecified atom stereocenters. The summed E-state index contributed by atoms with van der Waals surface area (Å²) >= 11 is 7.55. The largest absolute Gasteiger partial charge is 0.323 e. The summed E-state index contributed by atoms with van der Waals surface area (Å²) in [5.74, 6) is 0. The van der Waals surface area contributed by atoms with Crippen molar-refractivity contribution in [3.05, 3.63) is 21.3 Å². The fourth-order valence-corrected chi connectivity index (χ4v) is 2.56. The van der Waals surface area contributed by atoms with Gasteiger partial charge in [0.15, 0.2) is 0 Å². The molecule has 1 atom stereocenters. The van der Waals surface area contributed by atoms with Crippen LogP contribution < -0.4 is 5.73 Å². The molecule has 0 amide bonds. The molecule has 72 valence electrons. The van der Waals surface area contributed by atoms with Crippen LogP contribution in [0.5, 0.6) is 0 Å². The summed E-state index contributed by atoms with van der Waals surface area (Å²) in [6.45, 7) is 3.32. The normalized spacial score (nSPS) is 19.8. The van der Waals surface area contributed by atoms with E-state index in [4.69, 9.17) is 17.3 Å². The van der Waals surface area contributed by atoms with Crippen molar-refractivity contribution < 1.29 is 0 Å². The van der Waals surface area contributed by atoms with Gasteiger partial charge in [-0.2, -0.15) is 0 Å². The molecule has 1 saturated heterocycles. The molecule has 0 aliphatic carbocycles. The van der Waals surface area contributed by atoms with E-state index in [2.05, 4.69) is 4.90 Å². The number of thiophene rings is 1. The maximum Gasteiger partial charge on any atom is 0.0976 e. The SMILES string of the molecule is NC(CN1CCC1)c1ccsc1Cl. The third-order valence-electron chi connectivity index (χ3n) is 2.45. The van der Waals surface area contributed by atoms with Gasteiger partial charge in [0.05, 0.1) is 4.34 Å². The fraction of sp³-hybridized carbons (Fsp3) is 0.556. The zero-order chi connectivity index (χ0) is 9.26. The van der Waals surface area contributed by atoms with E-state index < -0.39 is 0 Å². The number of nitrogens with zero attached hydrogens (tertiary/aromatic N) is 1. The molecule has 2 nitrogen and oxygen atoms in total. The highest BCUT2D eigenvalue weighted by atomic mass is 35.5. The number of likely N-dealkylation sites (tertiary alicyclic amines) is 1. The molecule has 4 heteroatoms. The fourth-order valence-electron chi connectivity index (χ4n) is 1.51. The van der Waals surface area contributed by atoms with Crippen LogP contribution in [0.25, 0.3) is 0 Å². The zero-order valence-corrected chi connectivity index (χ0v) is 8.94. The Morgan fingerprint density at radius 1 is 1.62 bits per heavy atom. The molecular formula is C9H13ClN2S. The van der Waals surface area contributed by atoms with Gasteiger partial charge in [-0.15, -0.1) is 11.3 Å². The van der Waals surface area contributed by atoms with Crippen molar-refractivity contribution >= 4 is 22.9 Å². The quantitative estimate of drug-likeness (QED) is 0.839. The van der Waals surface area contributed by atoms with E-state index in [1.54, 1.807) is 11.3 Å². The smallest absolute Gasteiger partial charge is 0.0976 e. The molecule has 13 heavy (non-hydrogen) atoms. The van der Waals surface area contributed by atoms with Gasteiger partial charge in [0.25, 0.3) is 0 Å². The minimum atomic E-state index is 0.0825. The molecule has 1 aromatic heterocycles. The molecule has 0 saturated carbocycles. The molecule has 1 aliphatic heterocycles. The van der Waals surface area contributed by atoms with Gasteiger partial charge in [-0.25, -0.2) is 0 Å². The number of nitrogens with two attached hydrogens (primary N) is 1. The third-order valence-corrected chi connectivity index (χ3v) is 3.65. The predicted octanol–water partition coefficient (Wildman–Crippen LogP) is 2.11. The maximum atomic E-state index is 6.03. The van der Waals surface area contributed by atoms with E-state index in [1.807, 2.05) is 11.4 Å². The summed E-state index contributed by atoms with van der Waals surface area (Å²) in [5, 5.41) is 1.99. The van der Waals surface area contributed by atoms with E-state index >= 15 is 0 Å². The zero-order valence-electron chi connectivity index (χ0n) is 7.37. The first-order chi connectivity index (χ1) is 6.27. The van der Waals surface area contributed by atoms with E-state index in [9.17, 15) is 0 Å². The van der Waals surface area contributed by atoms with Crippen molar-refractivity contribution in [2.24, 2.45) is 5.73 Å². The standard InChI is InChI=1S/C9H13ClN2S/c10-9-7(2-5-13-9)8(11)6-12-3-1-4-12/h2,5,8H,1,3-4,6,11H2. The van der Waals surface area contributed by atoms with Gasteiger partial charge < -0.3 is 10.6 Å². The van der Waals surface area contributed by atoms with E-state index in [-0.39, 0.29) is 6.04 Å². The Labute approximate surface area is 87.3 Å². The summed E-state index contributed by atoms with van der Waals surface area (Å²) in [6.07, 6.45) is 1.31. The molecule has 1 aliphatic rings. The van der Waals surface area contributed by atoms with Crippen molar-refractivity contribution in [2.45, 2.75) is 12.5 Å². The van der Waals surface area contributed by atoms with Crippen LogP contribution in [-0.2, 0) is 0 Å². The molecular weight excluding hydrogens is 204 g/mol. The molecule has 2 heterocycles. The summed E-state index contributed by atoms with van der Waals surface area (Å²) in [7, 11) is 0. The average Bonchev–Trinajstić information content (AvgIpc) is 2.43. The van der Waals surface area contributed by atoms with Crippen LogP contribution in [0.1, 0.15) is 18.0 Å². The topological polar surface area (TPSA) is 29.3 Å². The minimum Gasteiger partial charge on any atom is -0.323 e. The van der Waals surface area contributed by atoms with Crippen molar-refractivity contribution in [2.75, 3.05) is 19.6 Å². The monoisotopic (exact) mass is 216 g/mol. The van der Waals surface area contributed by atoms with Crippen LogP contribution in [0, 0.1) is 0 Å². The van der Waals surface area contributed by atoms with Gasteiger partial charge in [0.2, 0.25) is 0 Å². The number of hydrogen-bond donors (Lipinski definition) is 1. The number of rotatable bonds is 3. The lowest BCUT2D eigenvalue weighted by Crippen LogP contribution is -2.41. The van der Waals surface area contributed by atoms with Gasteiger partial charge in [-0.3, -0.25) is 0 Å². The third kappa shape index (κ3) is 2.05. The molecule has 0 aromatic carbocycles. The maximum absolute atomic E-state index is 6.03. The summed E-state index contributed by atoms with van der Waals surface area (Å²) < 4.78 is 0.841. The van der Waals surface area contributed by atoms with Crippen LogP contribution in [0.4, 0.5) is 0 Å². The Kier molecular flexibility index (Phi) is 2.89. The summed E-state index contributed by atoms with van der Waals surface area (Å²) in [6, 6.07) is 2.11. The molecule has 0 spiro atoms. The Bertz CT molecular complexity index is 283. The van der Waals surface area contributed by atoms with Crippen molar-refractivity contribution in [1.82, 2.24) is 4.90 Å². The van der Waals surface area contributed by atoms with Crippen molar-refractivity contribution in [3.63, 3.8) is 0 Å². The second-order valence-electron chi connectivity index (χ2n) is 3.41. The van der Waals surface area contributed by atoms with Crippen LogP contribution in [0.2, 0.25) is 4.34 Å². The Morgan fingerprint density at radius 2 is 2.38 bits per heavy atom. The van der Waals surface area contributed by atoms with Crippen molar-refractivity contribution in [1.29, 1.82) is 0 Å². The molecule has 2 N–H and O–H groups in total. The van der Waals surface area contributed by atoms with Gasteiger partial charge in [0, 0.05) is 12.6 Å². The highest BCUT2D eigenvalue weighted by molar-refractivity contribution is 7.14. The summed E-state index contributed by atoms with van der Waals surface area (Å²) in [4.78, 5) is 2.36. The Morgan fingerprint density at radius 3 is 2.85 bits per heavy atom. The highest BCUT2D eigenvalue weighted by Crippen LogP contribution is 2.28. The molecule has 2 rings (SSSR count). The first-order valence-electron chi connectivity index (χ1n) is 4.48. The molecule has 1 aromatic rings. The molecule has 0 radical (unpaired) electrons. The number of hydrogen-bond acceptors (Lipinski definition) is 3. The van der Waals surface area contributed by atoms with E-state index in [1.165, 1.54) is 19.5 Å². The van der Waals surface area contributed by atoms with Gasteiger partial charge in [0.1, 0.15) is 0 Å². The van der Waals surface area contributed by atoms with Gasteiger partial charge >= 0.3 is 0 Å². The molecule has 0 bridgehead atoms. The van der Waals surface area contributed by atoms with Crippen LogP contribution in [0.15, 0.2) is 11.4 Å². The van der Waals surface area contributed by atoms with Gasteiger partial charge in [-0.05, 0) is 36.5 Å². The Balaban J connectivity index is 1.96. The number of halogens is 1. The second-order valence-corrected chi connectivity index (χ2v) is 4.93. The first-order valence-corrected chi connectivity index (χ1v) is 5.74. The Hall–Kier alpha value is -0.0900. The predicted molar refractivity (Wildman–Crippen MR) is 57.3 cm³/mol. The molecule has 1 fully saturated rings.